The predicted molar refractivity (Wildman–Crippen MR) is 92.3 cm³/mol. The van der Waals surface area contributed by atoms with Gasteiger partial charge in [0.15, 0.2) is 0 Å². The molecule has 0 amide bonds. The zero-order chi connectivity index (χ0) is 20.0. The number of hydrogen-bond acceptors (Lipinski definition) is 4. The summed E-state index contributed by atoms with van der Waals surface area (Å²) < 4.78 is 76.3. The van der Waals surface area contributed by atoms with Crippen LogP contribution in [0.4, 0.5) is 23.2 Å². The quantitative estimate of drug-likeness (QED) is 0.798. The molecule has 2 N–H and O–H groups in total. The van der Waals surface area contributed by atoms with Gasteiger partial charge in [-0.05, 0) is 48.4 Å². The van der Waals surface area contributed by atoms with Crippen LogP contribution in [0.3, 0.4) is 0 Å². The summed E-state index contributed by atoms with van der Waals surface area (Å²) in [5, 5.41) is 9.83. The molecule has 144 valence electrons. The van der Waals surface area contributed by atoms with E-state index in [9.17, 15) is 26.0 Å². The van der Waals surface area contributed by atoms with Gasteiger partial charge in [0.1, 0.15) is 11.5 Å². The Labute approximate surface area is 153 Å². The number of halogens is 4. The summed E-state index contributed by atoms with van der Waals surface area (Å²) in [6, 6.07) is 8.30. The molecule has 2 aromatic carbocycles. The summed E-state index contributed by atoms with van der Waals surface area (Å²) in [5.74, 6) is -0.530. The summed E-state index contributed by atoms with van der Waals surface area (Å²) in [6.45, 7) is 1.48. The Morgan fingerprint density at radius 2 is 1.78 bits per heavy atom. The minimum Gasteiger partial charge on any atom is -0.257 e. The summed E-state index contributed by atoms with van der Waals surface area (Å²) >= 11 is 0. The van der Waals surface area contributed by atoms with Crippen LogP contribution in [0.15, 0.2) is 52.5 Å². The van der Waals surface area contributed by atoms with E-state index in [1.807, 2.05) is 0 Å². The third kappa shape index (κ3) is 3.81. The highest BCUT2D eigenvalue weighted by molar-refractivity contribution is 7.89. The highest BCUT2D eigenvalue weighted by Gasteiger charge is 2.44. The van der Waals surface area contributed by atoms with Gasteiger partial charge >= 0.3 is 6.18 Å². The van der Waals surface area contributed by atoms with Crippen molar-refractivity contribution in [2.24, 2.45) is 10.2 Å². The summed E-state index contributed by atoms with van der Waals surface area (Å²) in [4.78, 5) is -0.177. The SMILES string of the molecule is Cc1c(F)cccc1C1CC(C(F)(F)F)=NN1c1ccc(S(N)(=O)=O)cc1. The molecule has 0 fully saturated rings. The van der Waals surface area contributed by atoms with E-state index in [1.165, 1.54) is 43.3 Å². The zero-order valence-corrected chi connectivity index (χ0v) is 14.9. The molecule has 1 unspecified atom stereocenters. The first-order chi connectivity index (χ1) is 12.5. The normalized spacial score (nSPS) is 17.9. The summed E-state index contributed by atoms with van der Waals surface area (Å²) in [6.07, 6.45) is -5.08. The molecule has 2 aromatic rings. The lowest BCUT2D eigenvalue weighted by atomic mass is 9.96. The molecule has 27 heavy (non-hydrogen) atoms. The first-order valence-electron chi connectivity index (χ1n) is 7.80. The number of alkyl halides is 3. The number of rotatable bonds is 3. The molecular formula is C17H15F4N3O2S. The molecule has 5 nitrogen and oxygen atoms in total. The van der Waals surface area contributed by atoms with Gasteiger partial charge in [-0.25, -0.2) is 17.9 Å². The molecule has 1 aliphatic heterocycles. The second-order valence-corrected chi connectivity index (χ2v) is 7.66. The molecule has 0 radical (unpaired) electrons. The number of primary sulfonamides is 1. The molecule has 0 spiro atoms. The van der Waals surface area contributed by atoms with Crippen LogP contribution in [-0.4, -0.2) is 20.3 Å². The van der Waals surface area contributed by atoms with Crippen LogP contribution in [-0.2, 0) is 10.0 Å². The number of hydrogen-bond donors (Lipinski definition) is 1. The number of nitrogens with two attached hydrogens (primary N) is 1. The smallest absolute Gasteiger partial charge is 0.257 e. The standard InChI is InChI=1S/C17H15F4N3O2S/c1-10-13(3-2-4-14(10)18)15-9-16(17(19,20)21)23-24(15)11-5-7-12(8-6-11)27(22,25)26/h2-8,15H,9H2,1H3,(H2,22,25,26). The molecule has 10 heteroatoms. The second kappa shape index (κ2) is 6.61. The van der Waals surface area contributed by atoms with Gasteiger partial charge in [-0.1, -0.05) is 12.1 Å². The maximum absolute atomic E-state index is 13.9. The summed E-state index contributed by atoms with van der Waals surface area (Å²) in [7, 11) is -3.94. The van der Waals surface area contributed by atoms with Crippen molar-refractivity contribution in [3.63, 3.8) is 0 Å². The van der Waals surface area contributed by atoms with Crippen molar-refractivity contribution in [2.45, 2.75) is 30.5 Å². The maximum atomic E-state index is 13.9. The Morgan fingerprint density at radius 1 is 1.15 bits per heavy atom. The van der Waals surface area contributed by atoms with Crippen molar-refractivity contribution < 1.29 is 26.0 Å². The second-order valence-electron chi connectivity index (χ2n) is 6.10. The molecule has 0 aliphatic carbocycles. The number of sulfonamides is 1. The van der Waals surface area contributed by atoms with Crippen molar-refractivity contribution in [1.82, 2.24) is 0 Å². The summed E-state index contributed by atoms with van der Waals surface area (Å²) in [5.41, 5.74) is -0.164. The van der Waals surface area contributed by atoms with Gasteiger partial charge in [-0.3, -0.25) is 5.01 Å². The minimum atomic E-state index is -4.63. The van der Waals surface area contributed by atoms with Gasteiger partial charge in [0.25, 0.3) is 0 Å². The minimum absolute atomic E-state index is 0.177. The molecule has 1 heterocycles. The van der Waals surface area contributed by atoms with Crippen LogP contribution in [0.5, 0.6) is 0 Å². The Kier molecular flexibility index (Phi) is 4.73. The van der Waals surface area contributed by atoms with E-state index in [1.54, 1.807) is 6.07 Å². The van der Waals surface area contributed by atoms with Crippen molar-refractivity contribution in [2.75, 3.05) is 5.01 Å². The van der Waals surface area contributed by atoms with Gasteiger partial charge in [0.05, 0.1) is 16.6 Å². The zero-order valence-electron chi connectivity index (χ0n) is 14.0. The fourth-order valence-corrected chi connectivity index (χ4v) is 3.45. The van der Waals surface area contributed by atoms with Gasteiger partial charge < -0.3 is 0 Å². The van der Waals surface area contributed by atoms with Crippen LogP contribution >= 0.6 is 0 Å². The molecule has 0 aromatic heterocycles. The average molecular weight is 401 g/mol. The lowest BCUT2D eigenvalue weighted by Crippen LogP contribution is -2.22. The molecule has 0 bridgehead atoms. The van der Waals surface area contributed by atoms with E-state index < -0.39 is 40.2 Å². The van der Waals surface area contributed by atoms with Crippen LogP contribution in [0.1, 0.15) is 23.6 Å². The molecule has 3 rings (SSSR count). The number of hydrazone groups is 1. The van der Waals surface area contributed by atoms with Gasteiger partial charge in [-0.2, -0.15) is 18.3 Å². The van der Waals surface area contributed by atoms with E-state index >= 15 is 0 Å². The Bertz CT molecular complexity index is 1000. The Morgan fingerprint density at radius 3 is 2.33 bits per heavy atom. The van der Waals surface area contributed by atoms with E-state index in [4.69, 9.17) is 5.14 Å². The van der Waals surface area contributed by atoms with E-state index in [-0.39, 0.29) is 16.1 Å². The highest BCUT2D eigenvalue weighted by Crippen LogP contribution is 2.40. The first kappa shape index (κ1) is 19.3. The molecule has 1 aliphatic rings. The first-order valence-corrected chi connectivity index (χ1v) is 9.35. The molecule has 0 saturated heterocycles. The van der Waals surface area contributed by atoms with E-state index in [2.05, 4.69) is 5.10 Å². The largest absolute Gasteiger partial charge is 0.431 e. The van der Waals surface area contributed by atoms with Crippen LogP contribution in [0.2, 0.25) is 0 Å². The third-order valence-corrected chi connectivity index (χ3v) is 5.27. The molecule has 1 atom stereocenters. The van der Waals surface area contributed by atoms with Crippen molar-refractivity contribution in [1.29, 1.82) is 0 Å². The molecular weight excluding hydrogens is 386 g/mol. The van der Waals surface area contributed by atoms with Gasteiger partial charge in [0, 0.05) is 6.42 Å². The van der Waals surface area contributed by atoms with Gasteiger partial charge in [0.2, 0.25) is 10.0 Å². The van der Waals surface area contributed by atoms with Crippen LogP contribution in [0.25, 0.3) is 0 Å². The highest BCUT2D eigenvalue weighted by atomic mass is 32.2. The number of anilines is 1. The van der Waals surface area contributed by atoms with Crippen molar-refractivity contribution in [3.05, 3.63) is 59.4 Å². The third-order valence-electron chi connectivity index (χ3n) is 4.34. The van der Waals surface area contributed by atoms with E-state index in [0.717, 1.165) is 5.01 Å². The van der Waals surface area contributed by atoms with Crippen LogP contribution in [0, 0.1) is 12.7 Å². The fraction of sp³-hybridized carbons (Fsp3) is 0.235. The average Bonchev–Trinajstić information content (AvgIpc) is 3.02. The number of benzene rings is 2. The Hall–Kier alpha value is -2.46. The maximum Gasteiger partial charge on any atom is 0.431 e. The fourth-order valence-electron chi connectivity index (χ4n) is 2.94. The van der Waals surface area contributed by atoms with E-state index in [0.29, 0.717) is 5.56 Å². The van der Waals surface area contributed by atoms with Crippen molar-refractivity contribution in [3.8, 4) is 0 Å². The number of nitrogens with zero attached hydrogens (tertiary/aromatic N) is 2. The van der Waals surface area contributed by atoms with Crippen LogP contribution < -0.4 is 10.1 Å². The molecule has 0 saturated carbocycles. The lowest BCUT2D eigenvalue weighted by molar-refractivity contribution is -0.0600. The monoisotopic (exact) mass is 401 g/mol. The Balaban J connectivity index is 2.07. The lowest BCUT2D eigenvalue weighted by Gasteiger charge is -2.25. The topological polar surface area (TPSA) is 75.8 Å². The van der Waals surface area contributed by atoms with Gasteiger partial charge in [-0.15, -0.1) is 0 Å². The predicted octanol–water partition coefficient (Wildman–Crippen LogP) is 3.65. The van der Waals surface area contributed by atoms with Crippen molar-refractivity contribution >= 4 is 21.4 Å².